The first kappa shape index (κ1) is 14.1. The van der Waals surface area contributed by atoms with Crippen molar-refractivity contribution >= 4 is 5.82 Å². The molecule has 1 N–H and O–H groups in total. The molecular formula is C13H14FN3O3. The Bertz CT molecular complexity index is 610. The highest BCUT2D eigenvalue weighted by Crippen LogP contribution is 2.15. The minimum Gasteiger partial charge on any atom is -0.389 e. The van der Waals surface area contributed by atoms with E-state index in [0.717, 1.165) is 5.56 Å². The van der Waals surface area contributed by atoms with Gasteiger partial charge in [0.1, 0.15) is 18.6 Å². The molecule has 7 heteroatoms. The van der Waals surface area contributed by atoms with Crippen molar-refractivity contribution in [2.24, 2.45) is 0 Å². The number of aromatic nitrogens is 2. The van der Waals surface area contributed by atoms with Gasteiger partial charge in [-0.3, -0.25) is 0 Å². The third kappa shape index (κ3) is 3.18. The molecule has 0 spiro atoms. The summed E-state index contributed by atoms with van der Waals surface area (Å²) in [6, 6.07) is 5.78. The van der Waals surface area contributed by atoms with Crippen LogP contribution in [0.4, 0.5) is 10.2 Å². The Morgan fingerprint density at radius 1 is 1.45 bits per heavy atom. The van der Waals surface area contributed by atoms with Gasteiger partial charge in [-0.2, -0.15) is 0 Å². The molecular weight excluding hydrogens is 265 g/mol. The fraction of sp³-hybridized carbons (Fsp3) is 0.308. The van der Waals surface area contributed by atoms with Gasteiger partial charge in [-0.25, -0.2) is 13.9 Å². The van der Waals surface area contributed by atoms with Crippen molar-refractivity contribution < 1.29 is 14.4 Å². The van der Waals surface area contributed by atoms with Crippen molar-refractivity contribution in [1.82, 2.24) is 9.55 Å². The highest BCUT2D eigenvalue weighted by atomic mass is 19.1. The van der Waals surface area contributed by atoms with Crippen LogP contribution >= 0.6 is 0 Å². The maximum Gasteiger partial charge on any atom is 0.342 e. The van der Waals surface area contributed by atoms with Crippen LogP contribution in [0.5, 0.6) is 0 Å². The summed E-state index contributed by atoms with van der Waals surface area (Å²) >= 11 is 0. The zero-order valence-electron chi connectivity index (χ0n) is 10.9. The smallest absolute Gasteiger partial charge is 0.342 e. The first-order valence-electron chi connectivity index (χ1n) is 6.06. The minimum atomic E-state index is -0.813. The Morgan fingerprint density at radius 2 is 2.10 bits per heavy atom. The molecule has 0 aliphatic rings. The number of aliphatic hydroxyl groups excluding tert-OH is 1. The number of imidazole rings is 1. The molecule has 0 saturated carbocycles. The van der Waals surface area contributed by atoms with Crippen LogP contribution < -0.4 is 0 Å². The molecule has 0 fully saturated rings. The second-order valence-electron chi connectivity index (χ2n) is 4.52. The number of halogens is 1. The molecule has 1 aromatic heterocycles. The van der Waals surface area contributed by atoms with Gasteiger partial charge in [0.25, 0.3) is 0 Å². The number of aryl methyl sites for hydroxylation is 1. The molecule has 0 bridgehead atoms. The Morgan fingerprint density at radius 3 is 2.70 bits per heavy atom. The van der Waals surface area contributed by atoms with E-state index in [4.69, 9.17) is 0 Å². The third-order valence-corrected chi connectivity index (χ3v) is 3.00. The van der Waals surface area contributed by atoms with E-state index >= 15 is 0 Å². The van der Waals surface area contributed by atoms with Crippen LogP contribution in [0.3, 0.4) is 0 Å². The van der Waals surface area contributed by atoms with Crippen LogP contribution in [0.25, 0.3) is 0 Å². The van der Waals surface area contributed by atoms with Crippen LogP contribution in [-0.2, 0) is 13.0 Å². The lowest BCUT2D eigenvalue weighted by Crippen LogP contribution is -2.20. The molecule has 0 radical (unpaired) electrons. The summed E-state index contributed by atoms with van der Waals surface area (Å²) in [4.78, 5) is 14.2. The molecule has 20 heavy (non-hydrogen) atoms. The molecule has 2 aromatic rings. The summed E-state index contributed by atoms with van der Waals surface area (Å²) < 4.78 is 14.1. The molecule has 1 atom stereocenters. The van der Waals surface area contributed by atoms with Gasteiger partial charge in [0.15, 0.2) is 5.82 Å². The van der Waals surface area contributed by atoms with Gasteiger partial charge in [-0.1, -0.05) is 12.1 Å². The maximum absolute atomic E-state index is 12.8. The molecule has 0 amide bonds. The second-order valence-corrected chi connectivity index (χ2v) is 4.52. The largest absolute Gasteiger partial charge is 0.389 e. The third-order valence-electron chi connectivity index (χ3n) is 3.00. The van der Waals surface area contributed by atoms with Gasteiger partial charge in [-0.15, -0.1) is 0 Å². The first-order chi connectivity index (χ1) is 9.47. The van der Waals surface area contributed by atoms with Crippen LogP contribution in [0.15, 0.2) is 30.5 Å². The van der Waals surface area contributed by atoms with Gasteiger partial charge in [0, 0.05) is 13.3 Å². The molecule has 0 aliphatic heterocycles. The normalized spacial score (nSPS) is 12.3. The van der Waals surface area contributed by atoms with E-state index in [1.807, 2.05) is 0 Å². The minimum absolute atomic E-state index is 0.0690. The van der Waals surface area contributed by atoms with Gasteiger partial charge in [0.2, 0.25) is 0 Å². The quantitative estimate of drug-likeness (QED) is 0.669. The standard InChI is InChI=1S/C13H14FN3O3/c1-9-15-7-13(17(19)20)16(9)8-12(18)6-10-2-4-11(14)5-3-10/h2-5,7,12,18H,6,8H2,1H3. The molecule has 0 aliphatic carbocycles. The van der Waals surface area contributed by atoms with E-state index in [0.29, 0.717) is 5.82 Å². The number of hydrogen-bond acceptors (Lipinski definition) is 4. The number of aliphatic hydroxyl groups is 1. The van der Waals surface area contributed by atoms with Crippen molar-refractivity contribution in [3.63, 3.8) is 0 Å². The van der Waals surface area contributed by atoms with Crippen molar-refractivity contribution in [2.45, 2.75) is 26.0 Å². The van der Waals surface area contributed by atoms with E-state index in [-0.39, 0.29) is 24.6 Å². The fourth-order valence-electron chi connectivity index (χ4n) is 2.00. The van der Waals surface area contributed by atoms with Crippen LogP contribution in [0.1, 0.15) is 11.4 Å². The zero-order chi connectivity index (χ0) is 14.7. The van der Waals surface area contributed by atoms with Crippen LogP contribution in [0, 0.1) is 22.9 Å². The van der Waals surface area contributed by atoms with Gasteiger partial charge < -0.3 is 15.2 Å². The molecule has 1 aromatic carbocycles. The molecule has 106 valence electrons. The average Bonchev–Trinajstić information content (AvgIpc) is 2.74. The molecule has 0 saturated heterocycles. The number of nitro groups is 1. The summed E-state index contributed by atoms with van der Waals surface area (Å²) in [6.45, 7) is 1.71. The lowest BCUT2D eigenvalue weighted by atomic mass is 10.1. The Labute approximate surface area is 114 Å². The SMILES string of the molecule is Cc1ncc([N+](=O)[O-])n1CC(O)Cc1ccc(F)cc1. The number of rotatable bonds is 5. The van der Waals surface area contributed by atoms with Crippen LogP contribution in [-0.4, -0.2) is 25.7 Å². The zero-order valence-corrected chi connectivity index (χ0v) is 10.9. The molecule has 2 rings (SSSR count). The summed E-state index contributed by atoms with van der Waals surface area (Å²) in [5, 5.41) is 20.8. The van der Waals surface area contributed by atoms with E-state index in [1.54, 1.807) is 19.1 Å². The first-order valence-corrected chi connectivity index (χ1v) is 6.06. The number of benzene rings is 1. The topological polar surface area (TPSA) is 81.2 Å². The monoisotopic (exact) mass is 279 g/mol. The van der Waals surface area contributed by atoms with Crippen LogP contribution in [0.2, 0.25) is 0 Å². The van der Waals surface area contributed by atoms with Gasteiger partial charge in [-0.05, 0) is 22.6 Å². The lowest BCUT2D eigenvalue weighted by molar-refractivity contribution is -0.392. The summed E-state index contributed by atoms with van der Waals surface area (Å²) in [5.41, 5.74) is 0.763. The second kappa shape index (κ2) is 5.79. The summed E-state index contributed by atoms with van der Waals surface area (Å²) in [6.07, 6.45) is 0.640. The molecule has 1 heterocycles. The highest BCUT2D eigenvalue weighted by Gasteiger charge is 2.20. The summed E-state index contributed by atoms with van der Waals surface area (Å²) in [5.74, 6) is -0.0279. The van der Waals surface area contributed by atoms with Gasteiger partial charge in [0.05, 0.1) is 6.10 Å². The Hall–Kier alpha value is -2.28. The fourth-order valence-corrected chi connectivity index (χ4v) is 2.00. The van der Waals surface area contributed by atoms with Crippen molar-refractivity contribution in [1.29, 1.82) is 0 Å². The Kier molecular flexibility index (Phi) is 4.09. The summed E-state index contributed by atoms with van der Waals surface area (Å²) in [7, 11) is 0. The van der Waals surface area contributed by atoms with Crippen molar-refractivity contribution in [2.75, 3.05) is 0 Å². The number of hydrogen-bond donors (Lipinski definition) is 1. The van der Waals surface area contributed by atoms with Gasteiger partial charge >= 0.3 is 5.82 Å². The van der Waals surface area contributed by atoms with Crippen molar-refractivity contribution in [3.05, 3.63) is 57.8 Å². The lowest BCUT2D eigenvalue weighted by Gasteiger charge is -2.10. The predicted molar refractivity (Wildman–Crippen MR) is 69.7 cm³/mol. The van der Waals surface area contributed by atoms with E-state index in [1.165, 1.54) is 22.9 Å². The van der Waals surface area contributed by atoms with E-state index < -0.39 is 11.0 Å². The van der Waals surface area contributed by atoms with Crippen molar-refractivity contribution in [3.8, 4) is 0 Å². The average molecular weight is 279 g/mol. The highest BCUT2D eigenvalue weighted by molar-refractivity contribution is 5.20. The Balaban J connectivity index is 2.08. The molecule has 6 nitrogen and oxygen atoms in total. The number of nitrogens with zero attached hydrogens (tertiary/aromatic N) is 3. The molecule has 1 unspecified atom stereocenters. The van der Waals surface area contributed by atoms with E-state index in [9.17, 15) is 19.6 Å². The predicted octanol–water partition coefficient (Wildman–Crippen LogP) is 1.84. The van der Waals surface area contributed by atoms with E-state index in [2.05, 4.69) is 4.98 Å². The maximum atomic E-state index is 12.8.